The van der Waals surface area contributed by atoms with Crippen molar-refractivity contribution < 1.29 is 44.6 Å². The van der Waals surface area contributed by atoms with E-state index in [1.165, 1.54) is 0 Å². The number of hydrogen-bond acceptors (Lipinski definition) is 2. The summed E-state index contributed by atoms with van der Waals surface area (Å²) < 4.78 is 91.6. The van der Waals surface area contributed by atoms with Crippen LogP contribution in [0.25, 0.3) is 0 Å². The van der Waals surface area contributed by atoms with E-state index in [1.54, 1.807) is 4.74 Å². The van der Waals surface area contributed by atoms with Crippen LogP contribution in [0, 0.1) is 13.3 Å². The summed E-state index contributed by atoms with van der Waals surface area (Å²) in [5.74, 6) is 0.768. The van der Waals surface area contributed by atoms with Crippen LogP contribution in [0.5, 0.6) is 0 Å². The number of benzene rings is 1. The first-order valence-electron chi connectivity index (χ1n) is 5.73. The second kappa shape index (κ2) is 14.9. The molecule has 0 amide bonds. The third kappa shape index (κ3) is 20.4. The Morgan fingerprint density at radius 3 is 1.58 bits per heavy atom. The van der Waals surface area contributed by atoms with Crippen molar-refractivity contribution in [2.24, 2.45) is 0 Å². The average molecular weight is 378 g/mol. The molecule has 0 aliphatic heterocycles. The molecule has 0 spiro atoms. The van der Waals surface area contributed by atoms with Crippen molar-refractivity contribution in [2.75, 3.05) is 5.75 Å². The Morgan fingerprint density at radius 2 is 1.33 bits per heavy atom. The molecule has 1 atom stereocenters. The van der Waals surface area contributed by atoms with Crippen molar-refractivity contribution in [3.63, 3.8) is 0 Å². The van der Waals surface area contributed by atoms with Gasteiger partial charge in [0.25, 0.3) is 0 Å². The molecule has 4 nitrogen and oxygen atoms in total. The zero-order valence-corrected chi connectivity index (χ0v) is 12.9. The Bertz CT molecular complexity index is 464. The van der Waals surface area contributed by atoms with Gasteiger partial charge in [-0.3, -0.25) is 4.21 Å². The molecular formula is C13H12F6O4S. The van der Waals surface area contributed by atoms with Crippen molar-refractivity contribution >= 4 is 10.8 Å². The van der Waals surface area contributed by atoms with Crippen LogP contribution in [0.4, 0.5) is 26.3 Å². The van der Waals surface area contributed by atoms with Crippen molar-refractivity contribution in [1.29, 1.82) is 0 Å². The van der Waals surface area contributed by atoms with Gasteiger partial charge in [-0.2, -0.15) is 4.74 Å². The minimum atomic E-state index is -5.64. The molecule has 1 aromatic carbocycles. The second-order valence-electron chi connectivity index (χ2n) is 3.36. The molecule has 0 aliphatic rings. The van der Waals surface area contributed by atoms with Crippen molar-refractivity contribution in [2.45, 2.75) is 31.0 Å². The van der Waals surface area contributed by atoms with Gasteiger partial charge in [-0.15, -0.1) is 26.3 Å². The first-order chi connectivity index (χ1) is 11.0. The molecule has 24 heavy (non-hydrogen) atoms. The Morgan fingerprint density at radius 1 is 0.958 bits per heavy atom. The van der Waals surface area contributed by atoms with E-state index in [9.17, 15) is 30.6 Å². The van der Waals surface area contributed by atoms with E-state index in [0.29, 0.717) is 0 Å². The predicted molar refractivity (Wildman–Crippen MR) is 69.1 cm³/mol. The topological polar surface area (TPSA) is 66.1 Å². The van der Waals surface area contributed by atoms with E-state index in [1.807, 2.05) is 37.3 Å². The molecule has 0 bridgehead atoms. The van der Waals surface area contributed by atoms with E-state index < -0.39 is 23.5 Å². The van der Waals surface area contributed by atoms with Crippen LogP contribution in [0.15, 0.2) is 35.2 Å². The van der Waals surface area contributed by atoms with Gasteiger partial charge in [-0.1, -0.05) is 25.1 Å². The fourth-order valence-electron chi connectivity index (χ4n) is 1.01. The summed E-state index contributed by atoms with van der Waals surface area (Å²) in [5, 5.41) is 0. The van der Waals surface area contributed by atoms with Gasteiger partial charge in [0, 0.05) is 10.6 Å². The van der Waals surface area contributed by atoms with E-state index in [2.05, 4.69) is 13.3 Å². The number of hydrogen-bond donors (Lipinski definition) is 0. The quantitative estimate of drug-likeness (QED) is 0.450. The summed E-state index contributed by atoms with van der Waals surface area (Å²) in [6.07, 6.45) is -10.3. The maximum absolute atomic E-state index is 11.4. The van der Waals surface area contributed by atoms with Crippen LogP contribution in [-0.2, 0) is 24.8 Å². The predicted octanol–water partition coefficient (Wildman–Crippen LogP) is 4.17. The average Bonchev–Trinajstić information content (AvgIpc) is 2.49. The monoisotopic (exact) mass is 378 g/mol. The number of halogens is 6. The zero-order valence-electron chi connectivity index (χ0n) is 12.1. The van der Waals surface area contributed by atoms with Gasteiger partial charge >= 0.3 is 35.3 Å². The molecule has 1 unspecified atom stereocenters. The molecule has 0 saturated heterocycles. The van der Waals surface area contributed by atoms with Crippen LogP contribution in [0.3, 0.4) is 0 Å². The molecule has 0 aliphatic carbocycles. The van der Waals surface area contributed by atoms with Crippen LogP contribution in [0.2, 0.25) is 0 Å². The summed E-state index contributed by atoms with van der Waals surface area (Å²) in [6.45, 7) is 11.0. The molecule has 136 valence electrons. The van der Waals surface area contributed by atoms with Crippen LogP contribution < -0.4 is 0 Å². The van der Waals surface area contributed by atoms with Gasteiger partial charge < -0.3 is 0 Å². The third-order valence-corrected chi connectivity index (χ3v) is 3.20. The number of rotatable bonds is 3. The Labute approximate surface area is 136 Å². The summed E-state index contributed by atoms with van der Waals surface area (Å²) >= 11 is 0. The number of ether oxygens (including phenoxy) is 1. The van der Waals surface area contributed by atoms with Gasteiger partial charge in [0.05, 0.1) is 10.8 Å². The van der Waals surface area contributed by atoms with Crippen LogP contribution in [0.1, 0.15) is 13.3 Å². The standard InChI is InChI=1S/C9H12OS.C2F6O.2CO/c1-2-8-11(10)9-6-4-3-5-7-9;3-1(4,5)9-2(6,7)8;2*1-2/h3-7H,2,8H2,1H3;;;. The Hall–Kier alpha value is -1.61. The van der Waals surface area contributed by atoms with E-state index >= 15 is 0 Å². The van der Waals surface area contributed by atoms with Crippen molar-refractivity contribution in [1.82, 2.24) is 0 Å². The second-order valence-corrected chi connectivity index (χ2v) is 4.93. The van der Waals surface area contributed by atoms with Crippen molar-refractivity contribution in [3.8, 4) is 0 Å². The fraction of sp³-hybridized carbons (Fsp3) is 0.385. The molecule has 0 heterocycles. The molecule has 0 fully saturated rings. The van der Waals surface area contributed by atoms with Gasteiger partial charge in [0.15, 0.2) is 0 Å². The summed E-state index contributed by atoms with van der Waals surface area (Å²) in [6, 6.07) is 9.59. The number of alkyl halides is 6. The van der Waals surface area contributed by atoms with Gasteiger partial charge in [0.1, 0.15) is 0 Å². The van der Waals surface area contributed by atoms with E-state index in [0.717, 1.165) is 17.1 Å². The van der Waals surface area contributed by atoms with Gasteiger partial charge in [-0.25, -0.2) is 0 Å². The summed E-state index contributed by atoms with van der Waals surface area (Å²) in [7, 11) is -0.783. The minimum absolute atomic E-state index is 0.768. The van der Waals surface area contributed by atoms with Crippen LogP contribution in [-0.4, -0.2) is 22.7 Å². The molecule has 1 aromatic rings. The molecular weight excluding hydrogens is 366 g/mol. The first-order valence-corrected chi connectivity index (χ1v) is 7.05. The molecule has 0 N–H and O–H groups in total. The molecule has 1 rings (SSSR count). The Balaban J connectivity index is -0.000000309. The van der Waals surface area contributed by atoms with E-state index in [-0.39, 0.29) is 0 Å². The summed E-state index contributed by atoms with van der Waals surface area (Å²) in [4.78, 5) is 0.939. The fourth-order valence-corrected chi connectivity index (χ4v) is 2.07. The van der Waals surface area contributed by atoms with Gasteiger partial charge in [-0.05, 0) is 18.6 Å². The van der Waals surface area contributed by atoms with Crippen LogP contribution >= 0.6 is 0 Å². The third-order valence-electron chi connectivity index (χ3n) is 1.63. The summed E-state index contributed by atoms with van der Waals surface area (Å²) in [5.41, 5.74) is 0. The van der Waals surface area contributed by atoms with Crippen molar-refractivity contribution in [3.05, 3.63) is 43.6 Å². The maximum atomic E-state index is 11.4. The normalized spacial score (nSPS) is 11.3. The molecule has 0 saturated carbocycles. The molecule has 0 radical (unpaired) electrons. The molecule has 0 aromatic heterocycles. The SMILES string of the molecule is CCCS(=O)c1ccccc1.FC(F)(F)OC(F)(F)F.[C-]#[O+].[C-]#[O+]. The first kappa shape index (κ1) is 27.2. The zero-order chi connectivity index (χ0) is 19.8. The molecule has 11 heteroatoms. The van der Waals surface area contributed by atoms with E-state index in [4.69, 9.17) is 9.30 Å². The van der Waals surface area contributed by atoms with Gasteiger partial charge in [0.2, 0.25) is 0 Å². The Kier molecular flexibility index (Phi) is 17.0.